The maximum absolute atomic E-state index is 12.3. The Morgan fingerprint density at radius 2 is 2.21 bits per heavy atom. The number of hydrogen-bond acceptors (Lipinski definition) is 6. The van der Waals surface area contributed by atoms with Crippen molar-refractivity contribution in [1.82, 2.24) is 15.3 Å². The van der Waals surface area contributed by atoms with Crippen molar-refractivity contribution >= 4 is 22.3 Å². The molecule has 10 nitrogen and oxygen atoms in total. The van der Waals surface area contributed by atoms with Crippen LogP contribution < -0.4 is 11.1 Å². The molecule has 0 radical (unpaired) electrons. The standard InChI is InChI=1S/C13H23N5O5S/c14-12(16-6-4-9-3-5-15-7-9)11-2-1-10-8-17(11)13(19)18(10)23-24(20,21)22/h9-11,15H,1-8H2,(H2,14,16)(H,20,21,22)/t9?,10-,11+/m1/s1. The molecule has 1 unspecified atom stereocenters. The number of nitrogens with one attached hydrogen (secondary N) is 1. The fraction of sp³-hybridized carbons (Fsp3) is 0.846. The van der Waals surface area contributed by atoms with Crippen molar-refractivity contribution in [2.75, 3.05) is 26.2 Å². The van der Waals surface area contributed by atoms with Crippen molar-refractivity contribution in [2.24, 2.45) is 16.6 Å². The van der Waals surface area contributed by atoms with E-state index in [-0.39, 0.29) is 6.04 Å². The molecule has 2 bridgehead atoms. The average Bonchev–Trinajstić information content (AvgIpc) is 3.10. The lowest BCUT2D eigenvalue weighted by atomic mass is 10.00. The van der Waals surface area contributed by atoms with E-state index in [4.69, 9.17) is 10.3 Å². The number of urea groups is 1. The molecule has 0 aliphatic carbocycles. The molecule has 0 spiro atoms. The highest BCUT2D eigenvalue weighted by atomic mass is 32.3. The van der Waals surface area contributed by atoms with Gasteiger partial charge in [-0.05, 0) is 44.7 Å². The van der Waals surface area contributed by atoms with E-state index >= 15 is 0 Å². The van der Waals surface area contributed by atoms with Gasteiger partial charge in [-0.1, -0.05) is 0 Å². The van der Waals surface area contributed by atoms with E-state index in [0.717, 1.165) is 25.9 Å². The Hall–Kier alpha value is -1.43. The molecule has 2 amide bonds. The van der Waals surface area contributed by atoms with Crippen LogP contribution in [0.5, 0.6) is 0 Å². The smallest absolute Gasteiger partial charge is 0.386 e. The molecular formula is C13H23N5O5S. The number of hydroxylamine groups is 2. The Kier molecular flexibility index (Phi) is 4.95. The highest BCUT2D eigenvalue weighted by Gasteiger charge is 2.48. The summed E-state index contributed by atoms with van der Waals surface area (Å²) in [4.78, 5) is 18.2. The SMILES string of the molecule is NC(=NCCC1CCNC1)[C@@H]1CC[C@@H]2CN1C(=O)N2OS(=O)(=O)O. The number of amidine groups is 1. The van der Waals surface area contributed by atoms with Gasteiger partial charge in [-0.3, -0.25) is 9.55 Å². The first-order chi connectivity index (χ1) is 11.3. The summed E-state index contributed by atoms with van der Waals surface area (Å²) in [5.74, 6) is 1.01. The number of rotatable bonds is 6. The molecule has 0 saturated carbocycles. The number of piperidine rings is 1. The van der Waals surface area contributed by atoms with Gasteiger partial charge in [-0.2, -0.15) is 13.5 Å². The van der Waals surface area contributed by atoms with Gasteiger partial charge < -0.3 is 16.0 Å². The second-order valence-corrected chi connectivity index (χ2v) is 7.47. The zero-order chi connectivity index (χ0) is 17.3. The van der Waals surface area contributed by atoms with Gasteiger partial charge in [0, 0.05) is 13.1 Å². The van der Waals surface area contributed by atoms with Crippen LogP contribution in [-0.2, 0) is 14.7 Å². The first-order valence-electron chi connectivity index (χ1n) is 8.12. The molecule has 0 aromatic carbocycles. The van der Waals surface area contributed by atoms with Gasteiger partial charge >= 0.3 is 16.4 Å². The Morgan fingerprint density at radius 1 is 1.42 bits per heavy atom. The van der Waals surface area contributed by atoms with Crippen LogP contribution in [0.2, 0.25) is 0 Å². The predicted octanol–water partition coefficient (Wildman–Crippen LogP) is -0.654. The molecular weight excluding hydrogens is 338 g/mol. The third-order valence-corrected chi connectivity index (χ3v) is 5.18. The van der Waals surface area contributed by atoms with E-state index in [2.05, 4.69) is 14.6 Å². The Balaban J connectivity index is 1.60. The van der Waals surface area contributed by atoms with Gasteiger partial charge in [0.2, 0.25) is 0 Å². The molecule has 3 saturated heterocycles. The minimum absolute atomic E-state index is 0.307. The van der Waals surface area contributed by atoms with E-state index in [1.807, 2.05) is 0 Å². The van der Waals surface area contributed by atoms with Crippen LogP contribution in [0.3, 0.4) is 0 Å². The molecule has 4 N–H and O–H groups in total. The van der Waals surface area contributed by atoms with Crippen LogP contribution in [0.4, 0.5) is 4.79 Å². The van der Waals surface area contributed by atoms with Crippen LogP contribution in [0.25, 0.3) is 0 Å². The molecule has 3 aliphatic rings. The third-order valence-electron chi connectivity index (χ3n) is 4.83. The fourth-order valence-electron chi connectivity index (χ4n) is 3.58. The van der Waals surface area contributed by atoms with Crippen molar-refractivity contribution in [1.29, 1.82) is 0 Å². The zero-order valence-electron chi connectivity index (χ0n) is 13.3. The normalized spacial score (nSPS) is 31.1. The van der Waals surface area contributed by atoms with Crippen molar-refractivity contribution in [3.63, 3.8) is 0 Å². The summed E-state index contributed by atoms with van der Waals surface area (Å²) < 4.78 is 34.9. The summed E-state index contributed by atoms with van der Waals surface area (Å²) in [5.41, 5.74) is 6.07. The molecule has 136 valence electrons. The van der Waals surface area contributed by atoms with Gasteiger partial charge in [0.25, 0.3) is 0 Å². The summed E-state index contributed by atoms with van der Waals surface area (Å²) >= 11 is 0. The molecule has 3 rings (SSSR count). The second-order valence-electron chi connectivity index (χ2n) is 6.46. The van der Waals surface area contributed by atoms with E-state index < -0.39 is 22.5 Å². The van der Waals surface area contributed by atoms with Crippen LogP contribution >= 0.6 is 0 Å². The molecule has 11 heteroatoms. The average molecular weight is 361 g/mol. The van der Waals surface area contributed by atoms with E-state index in [9.17, 15) is 13.2 Å². The molecule has 0 aromatic rings. The first kappa shape index (κ1) is 17.4. The number of nitrogens with zero attached hydrogens (tertiary/aromatic N) is 3. The van der Waals surface area contributed by atoms with Gasteiger partial charge in [0.05, 0.1) is 12.1 Å². The lowest BCUT2D eigenvalue weighted by molar-refractivity contribution is -0.0316. The fourth-order valence-corrected chi connectivity index (χ4v) is 3.97. The number of carbonyl (C=O) groups is 1. The highest BCUT2D eigenvalue weighted by Crippen LogP contribution is 2.30. The molecule has 3 heterocycles. The summed E-state index contributed by atoms with van der Waals surface area (Å²) in [6, 6.07) is -1.38. The van der Waals surface area contributed by atoms with Gasteiger partial charge in [-0.25, -0.2) is 4.79 Å². The van der Waals surface area contributed by atoms with Crippen molar-refractivity contribution in [3.8, 4) is 0 Å². The summed E-state index contributed by atoms with van der Waals surface area (Å²) in [5, 5.41) is 4.02. The third kappa shape index (κ3) is 3.79. The number of carbonyl (C=O) groups excluding carboxylic acids is 1. The van der Waals surface area contributed by atoms with Gasteiger partial charge in [-0.15, -0.1) is 4.28 Å². The largest absolute Gasteiger partial charge is 0.418 e. The number of amides is 2. The van der Waals surface area contributed by atoms with E-state index in [1.165, 1.54) is 4.90 Å². The number of hydrogen-bond donors (Lipinski definition) is 3. The van der Waals surface area contributed by atoms with Crippen LogP contribution in [0, 0.1) is 5.92 Å². The number of aliphatic imine (C=N–C) groups is 1. The van der Waals surface area contributed by atoms with Crippen LogP contribution in [0.15, 0.2) is 4.99 Å². The topological polar surface area (TPSA) is 138 Å². The lowest BCUT2D eigenvalue weighted by Gasteiger charge is -2.29. The molecule has 3 aliphatic heterocycles. The van der Waals surface area contributed by atoms with Crippen LogP contribution in [0.1, 0.15) is 25.7 Å². The summed E-state index contributed by atoms with van der Waals surface area (Å²) in [7, 11) is -4.73. The minimum Gasteiger partial charge on any atom is -0.386 e. The lowest BCUT2D eigenvalue weighted by Crippen LogP contribution is -2.48. The quantitative estimate of drug-likeness (QED) is 0.324. The van der Waals surface area contributed by atoms with E-state index in [0.29, 0.717) is 42.7 Å². The number of nitrogens with two attached hydrogens (primary N) is 1. The molecule has 0 aromatic heterocycles. The van der Waals surface area contributed by atoms with Crippen LogP contribution in [-0.4, -0.2) is 73.1 Å². The van der Waals surface area contributed by atoms with Gasteiger partial charge in [0.15, 0.2) is 0 Å². The molecule has 3 fully saturated rings. The van der Waals surface area contributed by atoms with E-state index in [1.54, 1.807) is 0 Å². The first-order valence-corrected chi connectivity index (χ1v) is 9.49. The summed E-state index contributed by atoms with van der Waals surface area (Å²) in [6.45, 7) is 2.97. The minimum atomic E-state index is -4.73. The van der Waals surface area contributed by atoms with Crippen molar-refractivity contribution in [2.45, 2.75) is 37.8 Å². The summed E-state index contributed by atoms with van der Waals surface area (Å²) in [6.07, 6.45) is 3.22. The monoisotopic (exact) mass is 361 g/mol. The second kappa shape index (κ2) is 6.82. The number of fused-ring (bicyclic) bond motifs is 2. The van der Waals surface area contributed by atoms with Crippen molar-refractivity contribution < 1.29 is 22.0 Å². The van der Waals surface area contributed by atoms with Gasteiger partial charge in [0.1, 0.15) is 5.84 Å². The van der Waals surface area contributed by atoms with Crippen molar-refractivity contribution in [3.05, 3.63) is 0 Å². The zero-order valence-corrected chi connectivity index (χ0v) is 14.1. The molecule has 3 atom stereocenters. The Morgan fingerprint density at radius 3 is 2.88 bits per heavy atom. The highest BCUT2D eigenvalue weighted by molar-refractivity contribution is 7.80. The Bertz CT molecular complexity index is 618. The predicted molar refractivity (Wildman–Crippen MR) is 85.5 cm³/mol. The maximum Gasteiger partial charge on any atom is 0.418 e. The Labute approximate surface area is 140 Å². The maximum atomic E-state index is 12.3. The molecule has 24 heavy (non-hydrogen) atoms.